The summed E-state index contributed by atoms with van der Waals surface area (Å²) in [6.07, 6.45) is 7.52. The quantitative estimate of drug-likeness (QED) is 0.812. The molecule has 2 N–H and O–H groups in total. The zero-order valence-electron chi connectivity index (χ0n) is 11.5. The molecule has 0 radical (unpaired) electrons. The average molecular weight is 254 g/mol. The van der Waals surface area contributed by atoms with Gasteiger partial charge in [-0.15, -0.1) is 0 Å². The highest BCUT2D eigenvalue weighted by molar-refractivity contribution is 5.85. The van der Waals surface area contributed by atoms with Crippen LogP contribution in [0.15, 0.2) is 0 Å². The number of amides is 1. The van der Waals surface area contributed by atoms with Crippen LogP contribution in [0.1, 0.15) is 51.9 Å². The van der Waals surface area contributed by atoms with Gasteiger partial charge >= 0.3 is 0 Å². The second-order valence-corrected chi connectivity index (χ2v) is 5.76. The van der Waals surface area contributed by atoms with E-state index >= 15 is 0 Å². The maximum atomic E-state index is 12.7. The van der Waals surface area contributed by atoms with E-state index in [9.17, 15) is 4.79 Å². The number of hydrogen-bond acceptors (Lipinski definition) is 3. The van der Waals surface area contributed by atoms with Gasteiger partial charge < -0.3 is 15.4 Å². The van der Waals surface area contributed by atoms with Gasteiger partial charge in [-0.25, -0.2) is 0 Å². The SMILES string of the molecule is CC1(C(=O)N(CCCN)C2CCCC2)CCCO1. The summed E-state index contributed by atoms with van der Waals surface area (Å²) in [5.41, 5.74) is 5.02. The minimum atomic E-state index is -0.572. The second kappa shape index (κ2) is 6.02. The van der Waals surface area contributed by atoms with Crippen LogP contribution in [0.2, 0.25) is 0 Å². The van der Waals surface area contributed by atoms with E-state index < -0.39 is 5.60 Å². The molecule has 4 heteroatoms. The number of nitrogens with two attached hydrogens (primary N) is 1. The molecule has 0 aromatic carbocycles. The first-order valence-corrected chi connectivity index (χ1v) is 7.32. The molecule has 0 spiro atoms. The molecule has 0 bridgehead atoms. The molecule has 18 heavy (non-hydrogen) atoms. The zero-order valence-corrected chi connectivity index (χ0v) is 11.5. The van der Waals surface area contributed by atoms with Crippen LogP contribution in [0, 0.1) is 0 Å². The molecule has 104 valence electrons. The molecule has 2 fully saturated rings. The Kier molecular flexibility index (Phi) is 4.62. The highest BCUT2D eigenvalue weighted by Crippen LogP contribution is 2.31. The van der Waals surface area contributed by atoms with Crippen LogP contribution in [0.5, 0.6) is 0 Å². The molecule has 2 aliphatic rings. The number of carbonyl (C=O) groups is 1. The van der Waals surface area contributed by atoms with Gasteiger partial charge in [0.25, 0.3) is 5.91 Å². The number of hydrogen-bond donors (Lipinski definition) is 1. The Labute approximate surface area is 110 Å². The molecule has 1 saturated heterocycles. The largest absolute Gasteiger partial charge is 0.365 e. The Morgan fingerprint density at radius 1 is 1.39 bits per heavy atom. The van der Waals surface area contributed by atoms with Crippen molar-refractivity contribution < 1.29 is 9.53 Å². The molecule has 1 amide bonds. The van der Waals surface area contributed by atoms with Crippen LogP contribution in [-0.2, 0) is 9.53 Å². The minimum Gasteiger partial charge on any atom is -0.365 e. The predicted molar refractivity (Wildman–Crippen MR) is 71.2 cm³/mol. The number of nitrogens with zero attached hydrogens (tertiary/aromatic N) is 1. The topological polar surface area (TPSA) is 55.6 Å². The van der Waals surface area contributed by atoms with Crippen LogP contribution >= 0.6 is 0 Å². The van der Waals surface area contributed by atoms with Gasteiger partial charge in [-0.1, -0.05) is 12.8 Å². The van der Waals surface area contributed by atoms with E-state index in [0.29, 0.717) is 12.6 Å². The molecule has 0 aromatic rings. The first-order valence-electron chi connectivity index (χ1n) is 7.32. The van der Waals surface area contributed by atoms with E-state index in [1.54, 1.807) is 0 Å². The summed E-state index contributed by atoms with van der Waals surface area (Å²) in [6, 6.07) is 0.421. The number of ether oxygens (including phenoxy) is 1. The predicted octanol–water partition coefficient (Wildman–Crippen LogP) is 1.68. The number of carbonyl (C=O) groups excluding carboxylic acids is 1. The van der Waals surface area contributed by atoms with E-state index in [2.05, 4.69) is 4.90 Å². The van der Waals surface area contributed by atoms with Crippen molar-refractivity contribution in [3.63, 3.8) is 0 Å². The van der Waals surface area contributed by atoms with E-state index in [4.69, 9.17) is 10.5 Å². The van der Waals surface area contributed by atoms with Crippen LogP contribution in [0.25, 0.3) is 0 Å². The fraction of sp³-hybridized carbons (Fsp3) is 0.929. The van der Waals surface area contributed by atoms with Crippen molar-refractivity contribution in [3.05, 3.63) is 0 Å². The van der Waals surface area contributed by atoms with Crippen molar-refractivity contribution >= 4 is 5.91 Å². The third kappa shape index (κ3) is 2.86. The van der Waals surface area contributed by atoms with Crippen molar-refractivity contribution in [1.82, 2.24) is 4.90 Å². The molecule has 1 aliphatic carbocycles. The molecule has 1 atom stereocenters. The van der Waals surface area contributed by atoms with E-state index in [1.807, 2.05) is 6.92 Å². The third-order valence-corrected chi connectivity index (χ3v) is 4.30. The maximum Gasteiger partial charge on any atom is 0.254 e. The van der Waals surface area contributed by atoms with Crippen molar-refractivity contribution in [3.8, 4) is 0 Å². The van der Waals surface area contributed by atoms with E-state index in [1.165, 1.54) is 12.8 Å². The van der Waals surface area contributed by atoms with Crippen LogP contribution in [0.3, 0.4) is 0 Å². The molecule has 1 heterocycles. The summed E-state index contributed by atoms with van der Waals surface area (Å²) in [5.74, 6) is 0.195. The third-order valence-electron chi connectivity index (χ3n) is 4.30. The highest BCUT2D eigenvalue weighted by atomic mass is 16.5. The van der Waals surface area contributed by atoms with Gasteiger partial charge in [-0.05, 0) is 45.6 Å². The summed E-state index contributed by atoms with van der Waals surface area (Å²) in [6.45, 7) is 4.11. The lowest BCUT2D eigenvalue weighted by molar-refractivity contribution is -0.153. The van der Waals surface area contributed by atoms with Gasteiger partial charge in [0.15, 0.2) is 0 Å². The number of rotatable bonds is 5. The Hall–Kier alpha value is -0.610. The molecule has 4 nitrogen and oxygen atoms in total. The van der Waals surface area contributed by atoms with Crippen molar-refractivity contribution in [2.24, 2.45) is 5.73 Å². The van der Waals surface area contributed by atoms with E-state index in [0.717, 1.165) is 45.3 Å². The summed E-state index contributed by atoms with van der Waals surface area (Å²) in [5, 5.41) is 0. The zero-order chi connectivity index (χ0) is 13.0. The summed E-state index contributed by atoms with van der Waals surface area (Å²) in [4.78, 5) is 14.8. The first-order chi connectivity index (χ1) is 8.67. The Bertz CT molecular complexity index is 282. The van der Waals surface area contributed by atoms with Crippen molar-refractivity contribution in [2.75, 3.05) is 19.7 Å². The summed E-state index contributed by atoms with van der Waals surface area (Å²) in [7, 11) is 0. The van der Waals surface area contributed by atoms with Crippen LogP contribution in [-0.4, -0.2) is 42.1 Å². The Morgan fingerprint density at radius 2 is 2.11 bits per heavy atom. The lowest BCUT2D eigenvalue weighted by atomic mass is 9.99. The summed E-state index contributed by atoms with van der Waals surface area (Å²) < 4.78 is 5.70. The molecular formula is C14H26N2O2. The Morgan fingerprint density at radius 3 is 2.67 bits per heavy atom. The molecule has 2 rings (SSSR count). The molecule has 1 unspecified atom stereocenters. The fourth-order valence-electron chi connectivity index (χ4n) is 3.18. The lowest BCUT2D eigenvalue weighted by Crippen LogP contribution is -2.51. The average Bonchev–Trinajstić information content (AvgIpc) is 3.01. The smallest absolute Gasteiger partial charge is 0.254 e. The molecule has 1 aliphatic heterocycles. The van der Waals surface area contributed by atoms with Crippen LogP contribution < -0.4 is 5.73 Å². The van der Waals surface area contributed by atoms with Crippen LogP contribution in [0.4, 0.5) is 0 Å². The highest BCUT2D eigenvalue weighted by Gasteiger charge is 2.42. The van der Waals surface area contributed by atoms with Gasteiger partial charge in [0, 0.05) is 19.2 Å². The normalized spacial score (nSPS) is 28.8. The Balaban J connectivity index is 2.04. The van der Waals surface area contributed by atoms with E-state index in [-0.39, 0.29) is 5.91 Å². The van der Waals surface area contributed by atoms with Gasteiger partial charge in [0.05, 0.1) is 0 Å². The fourth-order valence-corrected chi connectivity index (χ4v) is 3.18. The van der Waals surface area contributed by atoms with Crippen molar-refractivity contribution in [1.29, 1.82) is 0 Å². The minimum absolute atomic E-state index is 0.195. The maximum absolute atomic E-state index is 12.7. The van der Waals surface area contributed by atoms with Crippen molar-refractivity contribution in [2.45, 2.75) is 63.5 Å². The molecular weight excluding hydrogens is 228 g/mol. The van der Waals surface area contributed by atoms with Gasteiger partial charge in [0.1, 0.15) is 5.60 Å². The molecule has 1 saturated carbocycles. The standard InChI is InChI=1S/C14H26N2O2/c1-14(8-4-11-18-14)13(17)16(10-5-9-15)12-6-2-3-7-12/h12H,2-11,15H2,1H3. The summed E-state index contributed by atoms with van der Waals surface area (Å²) >= 11 is 0. The van der Waals surface area contributed by atoms with Gasteiger partial charge in [0.2, 0.25) is 0 Å². The van der Waals surface area contributed by atoms with Gasteiger partial charge in [-0.3, -0.25) is 4.79 Å². The lowest BCUT2D eigenvalue weighted by Gasteiger charge is -2.35. The van der Waals surface area contributed by atoms with Gasteiger partial charge in [-0.2, -0.15) is 0 Å². The second-order valence-electron chi connectivity index (χ2n) is 5.76. The molecule has 0 aromatic heterocycles. The first kappa shape index (κ1) is 13.8. The monoisotopic (exact) mass is 254 g/mol.